The molecule has 0 unspecified atom stereocenters. The standard InChI is InChI=1S/C13H18N2O3S/c16-13(15-12-7-9-19(17,18)10-12)6-8-14-11-4-2-1-3-5-11/h1-5,12,14H,6-10H2,(H,15,16)/t12-/m1/s1. The van der Waals surface area contributed by atoms with Gasteiger partial charge in [0.25, 0.3) is 0 Å². The summed E-state index contributed by atoms with van der Waals surface area (Å²) in [5.74, 6) is 0.149. The topological polar surface area (TPSA) is 75.3 Å². The first kappa shape index (κ1) is 13.9. The van der Waals surface area contributed by atoms with E-state index in [4.69, 9.17) is 0 Å². The molecular formula is C13H18N2O3S. The molecule has 104 valence electrons. The van der Waals surface area contributed by atoms with Gasteiger partial charge >= 0.3 is 0 Å². The van der Waals surface area contributed by atoms with Gasteiger partial charge in [0.05, 0.1) is 11.5 Å². The van der Waals surface area contributed by atoms with E-state index in [0.29, 0.717) is 19.4 Å². The Labute approximate surface area is 113 Å². The average Bonchev–Trinajstić information content (AvgIpc) is 2.70. The van der Waals surface area contributed by atoms with Crippen LogP contribution in [0.4, 0.5) is 5.69 Å². The van der Waals surface area contributed by atoms with Crippen LogP contribution in [-0.4, -0.2) is 38.4 Å². The van der Waals surface area contributed by atoms with Crippen molar-refractivity contribution >= 4 is 21.4 Å². The first-order valence-corrected chi connectivity index (χ1v) is 8.16. The minimum atomic E-state index is -2.93. The van der Waals surface area contributed by atoms with Gasteiger partial charge < -0.3 is 10.6 Å². The lowest BCUT2D eigenvalue weighted by Crippen LogP contribution is -2.36. The van der Waals surface area contributed by atoms with Gasteiger partial charge in [-0.05, 0) is 18.6 Å². The van der Waals surface area contributed by atoms with Crippen LogP contribution in [0.25, 0.3) is 0 Å². The van der Waals surface area contributed by atoms with Crippen molar-refractivity contribution in [1.82, 2.24) is 5.32 Å². The predicted octanol–water partition coefficient (Wildman–Crippen LogP) is 0.792. The molecule has 1 aliphatic heterocycles. The van der Waals surface area contributed by atoms with Crippen molar-refractivity contribution in [2.75, 3.05) is 23.4 Å². The number of carbonyl (C=O) groups excluding carboxylic acids is 1. The van der Waals surface area contributed by atoms with Crippen LogP contribution in [-0.2, 0) is 14.6 Å². The normalized spacial score (nSPS) is 20.9. The lowest BCUT2D eigenvalue weighted by molar-refractivity contribution is -0.121. The summed E-state index contributed by atoms with van der Waals surface area (Å²) in [7, 11) is -2.93. The van der Waals surface area contributed by atoms with Gasteiger partial charge in [0.1, 0.15) is 0 Å². The van der Waals surface area contributed by atoms with Crippen LogP contribution in [0.5, 0.6) is 0 Å². The van der Waals surface area contributed by atoms with Crippen molar-refractivity contribution in [3.63, 3.8) is 0 Å². The highest BCUT2D eigenvalue weighted by molar-refractivity contribution is 7.91. The molecule has 0 aromatic heterocycles. The average molecular weight is 282 g/mol. The second-order valence-corrected chi connectivity index (χ2v) is 6.94. The molecule has 0 bridgehead atoms. The Bertz CT molecular complexity index is 528. The summed E-state index contributed by atoms with van der Waals surface area (Å²) >= 11 is 0. The molecule has 1 aromatic rings. The number of amides is 1. The van der Waals surface area contributed by atoms with Gasteiger partial charge in [-0.25, -0.2) is 8.42 Å². The third-order valence-corrected chi connectivity index (χ3v) is 4.82. The van der Waals surface area contributed by atoms with Crippen LogP contribution in [0.2, 0.25) is 0 Å². The Hall–Kier alpha value is -1.56. The Morgan fingerprint density at radius 3 is 2.63 bits per heavy atom. The van der Waals surface area contributed by atoms with Crippen molar-refractivity contribution in [3.05, 3.63) is 30.3 Å². The molecule has 1 heterocycles. The number of anilines is 1. The number of rotatable bonds is 5. The maximum atomic E-state index is 11.7. The second kappa shape index (κ2) is 6.06. The van der Waals surface area contributed by atoms with E-state index in [1.54, 1.807) is 0 Å². The van der Waals surface area contributed by atoms with E-state index in [0.717, 1.165) is 5.69 Å². The van der Waals surface area contributed by atoms with Gasteiger partial charge in [-0.15, -0.1) is 0 Å². The van der Waals surface area contributed by atoms with Gasteiger partial charge in [-0.2, -0.15) is 0 Å². The Balaban J connectivity index is 1.68. The molecule has 1 fully saturated rings. The van der Waals surface area contributed by atoms with Crippen molar-refractivity contribution < 1.29 is 13.2 Å². The molecule has 0 radical (unpaired) electrons. The highest BCUT2D eigenvalue weighted by atomic mass is 32.2. The van der Waals surface area contributed by atoms with E-state index in [-0.39, 0.29) is 23.5 Å². The zero-order chi connectivity index (χ0) is 13.7. The Morgan fingerprint density at radius 1 is 1.26 bits per heavy atom. The summed E-state index contributed by atoms with van der Waals surface area (Å²) in [6.07, 6.45) is 0.867. The zero-order valence-electron chi connectivity index (χ0n) is 10.6. The molecule has 1 atom stereocenters. The quantitative estimate of drug-likeness (QED) is 0.837. The molecule has 19 heavy (non-hydrogen) atoms. The number of benzene rings is 1. The number of nitrogens with one attached hydrogen (secondary N) is 2. The molecule has 1 aromatic carbocycles. The smallest absolute Gasteiger partial charge is 0.222 e. The maximum absolute atomic E-state index is 11.7. The van der Waals surface area contributed by atoms with Crippen molar-refractivity contribution in [3.8, 4) is 0 Å². The van der Waals surface area contributed by atoms with Crippen LogP contribution >= 0.6 is 0 Å². The minimum absolute atomic E-state index is 0.0743. The third-order valence-electron chi connectivity index (χ3n) is 3.05. The number of carbonyl (C=O) groups is 1. The van der Waals surface area contributed by atoms with E-state index in [1.165, 1.54) is 0 Å². The first-order chi connectivity index (χ1) is 9.05. The molecule has 2 rings (SSSR count). The molecular weight excluding hydrogens is 264 g/mol. The number of sulfone groups is 1. The van der Waals surface area contributed by atoms with E-state index in [2.05, 4.69) is 10.6 Å². The molecule has 0 saturated carbocycles. The SMILES string of the molecule is O=C(CCNc1ccccc1)N[C@@H]1CCS(=O)(=O)C1. The minimum Gasteiger partial charge on any atom is -0.385 e. The second-order valence-electron chi connectivity index (χ2n) is 4.71. The Morgan fingerprint density at radius 2 is 2.00 bits per heavy atom. The predicted molar refractivity (Wildman–Crippen MR) is 74.8 cm³/mol. The van der Waals surface area contributed by atoms with Gasteiger partial charge in [-0.3, -0.25) is 4.79 Å². The number of para-hydroxylation sites is 1. The molecule has 2 N–H and O–H groups in total. The molecule has 6 heteroatoms. The van der Waals surface area contributed by atoms with Crippen LogP contribution in [0, 0.1) is 0 Å². The first-order valence-electron chi connectivity index (χ1n) is 6.34. The van der Waals surface area contributed by atoms with Crippen molar-refractivity contribution in [2.24, 2.45) is 0 Å². The summed E-state index contributed by atoms with van der Waals surface area (Å²) in [5.41, 5.74) is 0.971. The van der Waals surface area contributed by atoms with E-state index < -0.39 is 9.84 Å². The maximum Gasteiger partial charge on any atom is 0.222 e. The van der Waals surface area contributed by atoms with E-state index >= 15 is 0 Å². The fourth-order valence-corrected chi connectivity index (χ4v) is 3.76. The molecule has 1 aliphatic rings. The molecule has 1 amide bonds. The monoisotopic (exact) mass is 282 g/mol. The fourth-order valence-electron chi connectivity index (χ4n) is 2.09. The van der Waals surface area contributed by atoms with Gasteiger partial charge in [0, 0.05) is 24.7 Å². The van der Waals surface area contributed by atoms with E-state index in [9.17, 15) is 13.2 Å². The highest BCUT2D eigenvalue weighted by Crippen LogP contribution is 2.11. The van der Waals surface area contributed by atoms with Crippen LogP contribution in [0.3, 0.4) is 0 Å². The molecule has 1 saturated heterocycles. The van der Waals surface area contributed by atoms with Crippen LogP contribution in [0.1, 0.15) is 12.8 Å². The lowest BCUT2D eigenvalue weighted by atomic mass is 10.2. The van der Waals surface area contributed by atoms with Crippen LogP contribution < -0.4 is 10.6 Å². The van der Waals surface area contributed by atoms with Crippen molar-refractivity contribution in [1.29, 1.82) is 0 Å². The zero-order valence-corrected chi connectivity index (χ0v) is 11.4. The molecule has 5 nitrogen and oxygen atoms in total. The van der Waals surface area contributed by atoms with Gasteiger partial charge in [-0.1, -0.05) is 18.2 Å². The number of hydrogen-bond acceptors (Lipinski definition) is 4. The summed E-state index contributed by atoms with van der Waals surface area (Å²) < 4.78 is 22.5. The highest BCUT2D eigenvalue weighted by Gasteiger charge is 2.28. The lowest BCUT2D eigenvalue weighted by Gasteiger charge is -2.11. The van der Waals surface area contributed by atoms with Crippen molar-refractivity contribution in [2.45, 2.75) is 18.9 Å². The summed E-state index contributed by atoms with van der Waals surface area (Å²) in [6.45, 7) is 0.537. The van der Waals surface area contributed by atoms with Gasteiger partial charge in [0.2, 0.25) is 5.91 Å². The summed E-state index contributed by atoms with van der Waals surface area (Å²) in [6, 6.07) is 9.42. The largest absolute Gasteiger partial charge is 0.385 e. The van der Waals surface area contributed by atoms with Crippen LogP contribution in [0.15, 0.2) is 30.3 Å². The summed E-state index contributed by atoms with van der Waals surface area (Å²) in [5, 5.41) is 5.90. The molecule has 0 aliphatic carbocycles. The Kier molecular flexibility index (Phi) is 4.42. The summed E-state index contributed by atoms with van der Waals surface area (Å²) in [4.78, 5) is 11.7. The third kappa shape index (κ3) is 4.55. The molecule has 0 spiro atoms. The fraction of sp³-hybridized carbons (Fsp3) is 0.462. The number of hydrogen-bond donors (Lipinski definition) is 2. The van der Waals surface area contributed by atoms with Gasteiger partial charge in [0.15, 0.2) is 9.84 Å². The van der Waals surface area contributed by atoms with E-state index in [1.807, 2.05) is 30.3 Å².